The standard InChI is InChI=1S/C14H19NO3S/c1-10-6-7-11(19-10)12(16)15-14(13(17)18-2)8-4-3-5-9-14/h6-7H,3-5,8-9H2,1-2H3,(H,15,16)/p+1. The van der Waals surface area contributed by atoms with Crippen LogP contribution in [0, 0.1) is 6.92 Å². The topological polar surface area (TPSA) is 59.7 Å². The fraction of sp³-hybridized carbons (Fsp3) is 0.571. The van der Waals surface area contributed by atoms with E-state index < -0.39 is 5.54 Å². The second kappa shape index (κ2) is 5.74. The van der Waals surface area contributed by atoms with Gasteiger partial charge in [-0.1, -0.05) is 19.3 Å². The second-order valence-electron chi connectivity index (χ2n) is 5.02. The number of nitrogens with one attached hydrogen (secondary N) is 1. The largest absolute Gasteiger partial charge is 0.509 e. The van der Waals surface area contributed by atoms with Crippen molar-refractivity contribution in [3.8, 4) is 0 Å². The van der Waals surface area contributed by atoms with Crippen LogP contribution in [0.5, 0.6) is 0 Å². The highest BCUT2D eigenvalue weighted by atomic mass is 32.1. The molecule has 1 aromatic heterocycles. The van der Waals surface area contributed by atoms with Crippen molar-refractivity contribution in [2.24, 2.45) is 0 Å². The second-order valence-corrected chi connectivity index (χ2v) is 6.30. The third-order valence-corrected chi connectivity index (χ3v) is 4.63. The van der Waals surface area contributed by atoms with Crippen molar-refractivity contribution in [1.82, 2.24) is 5.32 Å². The zero-order chi connectivity index (χ0) is 13.9. The van der Waals surface area contributed by atoms with Gasteiger partial charge in [0.05, 0.1) is 4.88 Å². The van der Waals surface area contributed by atoms with E-state index in [-0.39, 0.29) is 11.9 Å². The van der Waals surface area contributed by atoms with E-state index in [1.165, 1.54) is 18.4 Å². The molecule has 0 aromatic carbocycles. The maximum absolute atomic E-state index is 12.3. The highest BCUT2D eigenvalue weighted by molar-refractivity contribution is 7.13. The summed E-state index contributed by atoms with van der Waals surface area (Å²) in [6.07, 6.45) is 4.55. The summed E-state index contributed by atoms with van der Waals surface area (Å²) >= 11 is 1.46. The van der Waals surface area contributed by atoms with Crippen LogP contribution >= 0.6 is 11.3 Å². The smallest absolute Gasteiger partial charge is 0.337 e. The number of rotatable bonds is 3. The van der Waals surface area contributed by atoms with Gasteiger partial charge in [-0.25, -0.2) is 0 Å². The molecule has 0 aliphatic heterocycles. The van der Waals surface area contributed by atoms with Crippen molar-refractivity contribution < 1.29 is 14.3 Å². The quantitative estimate of drug-likeness (QED) is 0.684. The van der Waals surface area contributed by atoms with Crippen molar-refractivity contribution >= 4 is 23.2 Å². The summed E-state index contributed by atoms with van der Waals surface area (Å²) in [5.74, 6) is -0.211. The molecule has 0 unspecified atom stereocenters. The number of aryl methyl sites for hydroxylation is 1. The molecule has 0 bridgehead atoms. The Kier molecular flexibility index (Phi) is 4.24. The number of hydrogen-bond donors (Lipinski definition) is 1. The zero-order valence-electron chi connectivity index (χ0n) is 11.4. The van der Waals surface area contributed by atoms with Gasteiger partial charge in [-0.05, 0) is 31.9 Å². The van der Waals surface area contributed by atoms with Crippen LogP contribution in [0.4, 0.5) is 0 Å². The number of methoxy groups -OCH3 is 1. The molecule has 0 spiro atoms. The highest BCUT2D eigenvalue weighted by Crippen LogP contribution is 2.30. The number of esters is 1. The average Bonchev–Trinajstić information content (AvgIpc) is 2.85. The van der Waals surface area contributed by atoms with Crippen molar-refractivity contribution in [2.75, 3.05) is 7.11 Å². The third-order valence-electron chi connectivity index (χ3n) is 3.63. The van der Waals surface area contributed by atoms with E-state index in [2.05, 4.69) is 5.32 Å². The Hall–Kier alpha value is -1.36. The number of thiophene rings is 1. The van der Waals surface area contributed by atoms with Crippen LogP contribution < -0.4 is 5.32 Å². The molecule has 0 radical (unpaired) electrons. The normalized spacial score (nSPS) is 17.8. The van der Waals surface area contributed by atoms with E-state index in [9.17, 15) is 9.59 Å². The molecule has 0 saturated heterocycles. The Bertz CT molecular complexity index is 475. The van der Waals surface area contributed by atoms with E-state index in [1.807, 2.05) is 19.1 Å². The molecule has 1 heterocycles. The van der Waals surface area contributed by atoms with Gasteiger partial charge in [0, 0.05) is 4.88 Å². The van der Waals surface area contributed by atoms with Gasteiger partial charge >= 0.3 is 5.97 Å². The van der Waals surface area contributed by atoms with Crippen LogP contribution in [0.15, 0.2) is 12.1 Å². The molecular formula is C14H20NO3S+. The minimum Gasteiger partial charge on any atom is -0.337 e. The first kappa shape index (κ1) is 14.1. The van der Waals surface area contributed by atoms with E-state index in [4.69, 9.17) is 4.74 Å². The van der Waals surface area contributed by atoms with Crippen LogP contribution in [0.3, 0.4) is 0 Å². The van der Waals surface area contributed by atoms with E-state index >= 15 is 0 Å². The fourth-order valence-corrected chi connectivity index (χ4v) is 3.34. The van der Waals surface area contributed by atoms with Gasteiger partial charge in [-0.15, -0.1) is 11.3 Å². The van der Waals surface area contributed by atoms with E-state index in [0.29, 0.717) is 4.88 Å². The van der Waals surface area contributed by atoms with Crippen molar-refractivity contribution in [3.63, 3.8) is 0 Å². The van der Waals surface area contributed by atoms with Gasteiger partial charge in [0.2, 0.25) is 0 Å². The average molecular weight is 282 g/mol. The molecule has 2 N–H and O–H groups in total. The maximum Gasteiger partial charge on any atom is 0.509 e. The zero-order valence-corrected chi connectivity index (χ0v) is 12.2. The fourth-order valence-electron chi connectivity index (χ4n) is 2.58. The molecule has 1 fully saturated rings. The number of amides is 1. The van der Waals surface area contributed by atoms with Crippen molar-refractivity contribution in [1.29, 1.82) is 0 Å². The third kappa shape index (κ3) is 2.97. The molecule has 1 amide bonds. The van der Waals surface area contributed by atoms with Gasteiger partial charge in [0.25, 0.3) is 5.91 Å². The molecule has 0 atom stereocenters. The van der Waals surface area contributed by atoms with Gasteiger partial charge < -0.3 is 14.8 Å². The highest BCUT2D eigenvalue weighted by Gasteiger charge is 2.47. The molecule has 5 heteroatoms. The summed E-state index contributed by atoms with van der Waals surface area (Å²) in [6.45, 7) is 1.97. The molecule has 1 aliphatic carbocycles. The summed E-state index contributed by atoms with van der Waals surface area (Å²) in [4.78, 5) is 24.1. The summed E-state index contributed by atoms with van der Waals surface area (Å²) < 4.78 is 5.00. The molecule has 19 heavy (non-hydrogen) atoms. The predicted octanol–water partition coefficient (Wildman–Crippen LogP) is 2.64. The summed E-state index contributed by atoms with van der Waals surface area (Å²) in [5.41, 5.74) is -0.720. The molecule has 1 aromatic rings. The number of carbonyl (C=O) groups excluding carboxylic acids is 2. The predicted molar refractivity (Wildman–Crippen MR) is 76.3 cm³/mol. The molecule has 1 aliphatic rings. The van der Waals surface area contributed by atoms with Gasteiger partial charge in [-0.2, -0.15) is 0 Å². The van der Waals surface area contributed by atoms with E-state index in [0.717, 1.165) is 37.0 Å². The lowest BCUT2D eigenvalue weighted by Crippen LogP contribution is -2.56. The molecule has 104 valence electrons. The molecule has 2 rings (SSSR count). The van der Waals surface area contributed by atoms with Gasteiger partial charge in [-0.3, -0.25) is 4.79 Å². The molecular weight excluding hydrogens is 262 g/mol. The Morgan fingerprint density at radius 1 is 1.37 bits per heavy atom. The molecule has 1 saturated carbocycles. The number of hydrogen-bond acceptors (Lipinski definition) is 3. The van der Waals surface area contributed by atoms with Crippen LogP contribution in [0.25, 0.3) is 0 Å². The summed E-state index contributed by atoms with van der Waals surface area (Å²) in [6, 6.07) is 3.74. The Morgan fingerprint density at radius 2 is 2.05 bits per heavy atom. The van der Waals surface area contributed by atoms with Gasteiger partial charge in [0.1, 0.15) is 0 Å². The number of carbonyl (C=O) groups is 1. The van der Waals surface area contributed by atoms with Crippen LogP contribution in [-0.2, 0) is 4.74 Å². The van der Waals surface area contributed by atoms with Crippen molar-refractivity contribution in [3.05, 3.63) is 21.9 Å². The van der Waals surface area contributed by atoms with Crippen LogP contribution in [0.2, 0.25) is 0 Å². The SMILES string of the molecule is COC(=[OH+])C1(NC(=O)c2ccc(C)s2)CCCCC1. The minimum absolute atomic E-state index is 0.0752. The summed E-state index contributed by atoms with van der Waals surface area (Å²) in [5, 5.41) is 2.97. The lowest BCUT2D eigenvalue weighted by atomic mass is 9.81. The summed E-state index contributed by atoms with van der Waals surface area (Å²) in [7, 11) is 1.44. The first-order chi connectivity index (χ1) is 9.07. The lowest BCUT2D eigenvalue weighted by molar-refractivity contribution is 0.0891. The molecule has 4 nitrogen and oxygen atoms in total. The van der Waals surface area contributed by atoms with E-state index in [1.54, 1.807) is 0 Å². The lowest BCUT2D eigenvalue weighted by Gasteiger charge is -2.31. The minimum atomic E-state index is -0.720. The van der Waals surface area contributed by atoms with Crippen LogP contribution in [0.1, 0.15) is 46.7 Å². The monoisotopic (exact) mass is 282 g/mol. The Morgan fingerprint density at radius 3 is 2.58 bits per heavy atom. The maximum atomic E-state index is 12.3. The first-order valence-corrected chi connectivity index (χ1v) is 7.38. The van der Waals surface area contributed by atoms with Crippen molar-refractivity contribution in [2.45, 2.75) is 44.6 Å². The van der Waals surface area contributed by atoms with Crippen LogP contribution in [-0.4, -0.2) is 29.3 Å². The first-order valence-electron chi connectivity index (χ1n) is 6.57. The van der Waals surface area contributed by atoms with Gasteiger partial charge in [0.15, 0.2) is 12.6 Å². The number of ether oxygens (including phenoxy) is 1. The Labute approximate surface area is 117 Å². The Balaban J connectivity index is 2.16.